The lowest BCUT2D eigenvalue weighted by atomic mass is 9.82. The van der Waals surface area contributed by atoms with Crippen molar-refractivity contribution in [3.05, 3.63) is 11.6 Å². The van der Waals surface area contributed by atoms with Crippen LogP contribution in [-0.2, 0) is 4.74 Å². The molecule has 0 aromatic carbocycles. The average Bonchev–Trinajstić information content (AvgIpc) is 2.46. The van der Waals surface area contributed by atoms with Gasteiger partial charge >= 0.3 is 6.18 Å². The second-order valence-corrected chi connectivity index (χ2v) is 5.70. The smallest absolute Gasteiger partial charge is 0.391 e. The molecule has 1 fully saturated rings. The zero-order chi connectivity index (χ0) is 15.9. The molecule has 124 valence electrons. The molecule has 0 aliphatic heterocycles. The zero-order valence-electron chi connectivity index (χ0n) is 13.1. The molecule has 0 aromatic heterocycles. The molecule has 1 aliphatic carbocycles. The molecule has 0 unspecified atom stereocenters. The van der Waals surface area contributed by atoms with E-state index in [0.29, 0.717) is 25.3 Å². The number of rotatable bonds is 7. The summed E-state index contributed by atoms with van der Waals surface area (Å²) >= 11 is 0. The molecule has 2 N–H and O–H groups in total. The van der Waals surface area contributed by atoms with Crippen molar-refractivity contribution in [2.24, 2.45) is 11.8 Å². The van der Waals surface area contributed by atoms with E-state index in [1.54, 1.807) is 0 Å². The van der Waals surface area contributed by atoms with Gasteiger partial charge in [0.05, 0.1) is 18.2 Å². The van der Waals surface area contributed by atoms with Gasteiger partial charge in [-0.15, -0.1) is 0 Å². The van der Waals surface area contributed by atoms with Gasteiger partial charge in [0.15, 0.2) is 0 Å². The van der Waals surface area contributed by atoms with Crippen LogP contribution in [0.25, 0.3) is 0 Å². The molecular formula is C15H27F3N2O. The molecule has 0 heterocycles. The number of halogens is 3. The molecule has 0 bridgehead atoms. The van der Waals surface area contributed by atoms with Gasteiger partial charge < -0.3 is 15.4 Å². The van der Waals surface area contributed by atoms with Crippen LogP contribution in [0.4, 0.5) is 13.2 Å². The molecule has 1 rings (SSSR count). The van der Waals surface area contributed by atoms with E-state index in [4.69, 9.17) is 4.74 Å². The fourth-order valence-corrected chi connectivity index (χ4v) is 2.50. The van der Waals surface area contributed by atoms with Crippen molar-refractivity contribution in [3.63, 3.8) is 0 Å². The van der Waals surface area contributed by atoms with Crippen molar-refractivity contribution < 1.29 is 17.9 Å². The van der Waals surface area contributed by atoms with E-state index in [1.807, 2.05) is 14.0 Å². The molecule has 0 radical (unpaired) electrons. The predicted octanol–water partition coefficient (Wildman–Crippen LogP) is 3.78. The van der Waals surface area contributed by atoms with Gasteiger partial charge in [0.25, 0.3) is 0 Å². The summed E-state index contributed by atoms with van der Waals surface area (Å²) < 4.78 is 43.6. The van der Waals surface area contributed by atoms with Gasteiger partial charge in [0.2, 0.25) is 5.88 Å². The minimum atomic E-state index is -4.04. The van der Waals surface area contributed by atoms with Crippen LogP contribution in [0.15, 0.2) is 11.6 Å². The van der Waals surface area contributed by atoms with Gasteiger partial charge in [-0.1, -0.05) is 6.92 Å². The van der Waals surface area contributed by atoms with Gasteiger partial charge in [0, 0.05) is 13.6 Å². The summed E-state index contributed by atoms with van der Waals surface area (Å²) in [5.41, 5.74) is 0.910. The van der Waals surface area contributed by atoms with E-state index in [-0.39, 0.29) is 18.8 Å². The van der Waals surface area contributed by atoms with Crippen molar-refractivity contribution in [2.75, 3.05) is 20.2 Å². The lowest BCUT2D eigenvalue weighted by molar-refractivity contribution is -0.184. The number of nitrogens with one attached hydrogen (secondary N) is 2. The molecular weight excluding hydrogens is 281 g/mol. The predicted molar refractivity (Wildman–Crippen MR) is 77.5 cm³/mol. The first-order valence-corrected chi connectivity index (χ1v) is 7.70. The van der Waals surface area contributed by atoms with Crippen molar-refractivity contribution in [2.45, 2.75) is 52.1 Å². The van der Waals surface area contributed by atoms with E-state index < -0.39 is 12.1 Å². The molecule has 3 nitrogen and oxygen atoms in total. The molecule has 0 amide bonds. The maximum atomic E-state index is 12.6. The van der Waals surface area contributed by atoms with Crippen LogP contribution < -0.4 is 10.6 Å². The number of hydrogen-bond donors (Lipinski definition) is 2. The Labute approximate surface area is 125 Å². The van der Waals surface area contributed by atoms with Crippen molar-refractivity contribution in [1.29, 1.82) is 0 Å². The molecule has 0 atom stereocenters. The van der Waals surface area contributed by atoms with E-state index in [1.165, 1.54) is 0 Å². The lowest BCUT2D eigenvalue weighted by Gasteiger charge is -2.30. The van der Waals surface area contributed by atoms with Crippen LogP contribution in [0.3, 0.4) is 0 Å². The first-order chi connectivity index (χ1) is 9.88. The molecule has 1 saturated carbocycles. The summed E-state index contributed by atoms with van der Waals surface area (Å²) in [7, 11) is 1.82. The number of allylic oxidation sites excluding steroid dienone is 1. The maximum Gasteiger partial charge on any atom is 0.391 e. The summed E-state index contributed by atoms with van der Waals surface area (Å²) in [4.78, 5) is 0. The van der Waals surface area contributed by atoms with E-state index in [0.717, 1.165) is 18.7 Å². The van der Waals surface area contributed by atoms with Crippen LogP contribution >= 0.6 is 0 Å². The van der Waals surface area contributed by atoms with E-state index in [9.17, 15) is 13.2 Å². The molecule has 0 spiro atoms. The minimum absolute atomic E-state index is 0.215. The van der Waals surface area contributed by atoms with Gasteiger partial charge in [-0.3, -0.25) is 0 Å². The summed E-state index contributed by atoms with van der Waals surface area (Å²) in [6.07, 6.45) is -1.43. The highest BCUT2D eigenvalue weighted by molar-refractivity contribution is 5.01. The standard InChI is InChI=1S/C15H27F3N2O/c1-4-9-20-14(11(2)19-3)21-10-12-5-7-13(8-6-12)15(16,17)18/h12-13,19-20H,4-10H2,1-3H3/b14-11-. The molecule has 1 aliphatic rings. The van der Waals surface area contributed by atoms with Gasteiger partial charge in [-0.05, 0) is 44.9 Å². The summed E-state index contributed by atoms with van der Waals surface area (Å²) in [5.74, 6) is -0.204. The van der Waals surface area contributed by atoms with E-state index >= 15 is 0 Å². The summed E-state index contributed by atoms with van der Waals surface area (Å²) in [5, 5.41) is 6.24. The molecule has 0 aromatic rings. The van der Waals surface area contributed by atoms with Crippen molar-refractivity contribution in [1.82, 2.24) is 10.6 Å². The van der Waals surface area contributed by atoms with Crippen LogP contribution in [0.5, 0.6) is 0 Å². The number of hydrogen-bond acceptors (Lipinski definition) is 3. The largest absolute Gasteiger partial charge is 0.478 e. The Morgan fingerprint density at radius 1 is 1.19 bits per heavy atom. The second-order valence-electron chi connectivity index (χ2n) is 5.70. The number of alkyl halides is 3. The minimum Gasteiger partial charge on any atom is -0.478 e. The van der Waals surface area contributed by atoms with Crippen LogP contribution in [0.2, 0.25) is 0 Å². The van der Waals surface area contributed by atoms with E-state index in [2.05, 4.69) is 17.6 Å². The summed E-state index contributed by atoms with van der Waals surface area (Å²) in [6, 6.07) is 0. The highest BCUT2D eigenvalue weighted by Crippen LogP contribution is 2.39. The Bertz CT molecular complexity index is 334. The molecule has 0 saturated heterocycles. The van der Waals surface area contributed by atoms with Crippen LogP contribution in [0.1, 0.15) is 46.0 Å². The monoisotopic (exact) mass is 308 g/mol. The quantitative estimate of drug-likeness (QED) is 0.702. The Kier molecular flexibility index (Phi) is 7.18. The lowest BCUT2D eigenvalue weighted by Crippen LogP contribution is -2.30. The zero-order valence-corrected chi connectivity index (χ0v) is 13.1. The highest BCUT2D eigenvalue weighted by Gasteiger charge is 2.41. The highest BCUT2D eigenvalue weighted by atomic mass is 19.4. The molecule has 6 heteroatoms. The third-order valence-corrected chi connectivity index (χ3v) is 4.02. The first kappa shape index (κ1) is 18.0. The van der Waals surface area contributed by atoms with Gasteiger partial charge in [0.1, 0.15) is 0 Å². The van der Waals surface area contributed by atoms with Crippen molar-refractivity contribution in [3.8, 4) is 0 Å². The normalized spacial score (nSPS) is 24.3. The van der Waals surface area contributed by atoms with Crippen LogP contribution in [-0.4, -0.2) is 26.4 Å². The van der Waals surface area contributed by atoms with Gasteiger partial charge in [-0.2, -0.15) is 13.2 Å². The van der Waals surface area contributed by atoms with Crippen molar-refractivity contribution >= 4 is 0 Å². The van der Waals surface area contributed by atoms with Crippen LogP contribution in [0, 0.1) is 11.8 Å². The first-order valence-electron chi connectivity index (χ1n) is 7.70. The summed E-state index contributed by atoms with van der Waals surface area (Å²) in [6.45, 7) is 5.28. The third-order valence-electron chi connectivity index (χ3n) is 4.02. The Balaban J connectivity index is 2.41. The Morgan fingerprint density at radius 2 is 1.81 bits per heavy atom. The van der Waals surface area contributed by atoms with Gasteiger partial charge in [-0.25, -0.2) is 0 Å². The maximum absolute atomic E-state index is 12.6. The number of ether oxygens (including phenoxy) is 1. The molecule has 21 heavy (non-hydrogen) atoms. The topological polar surface area (TPSA) is 33.3 Å². The second kappa shape index (κ2) is 8.39. The average molecular weight is 308 g/mol. The fourth-order valence-electron chi connectivity index (χ4n) is 2.50. The SMILES string of the molecule is CCCN/C(OCC1CCC(C(F)(F)F)CC1)=C(\C)NC. The Morgan fingerprint density at radius 3 is 2.29 bits per heavy atom. The third kappa shape index (κ3) is 6.06. The Hall–Kier alpha value is -1.07. The fraction of sp³-hybridized carbons (Fsp3) is 0.867.